The Hall–Kier alpha value is -1.30. The van der Waals surface area contributed by atoms with Gasteiger partial charge in [0.2, 0.25) is 5.91 Å². The number of nitrogens with one attached hydrogen (secondary N) is 2. The Morgan fingerprint density at radius 3 is 2.39 bits per heavy atom. The number of piperidine rings is 1. The lowest BCUT2D eigenvalue weighted by atomic mass is 10.1. The quantitative estimate of drug-likeness (QED) is 0.635. The van der Waals surface area contributed by atoms with Gasteiger partial charge in [0, 0.05) is 38.6 Å². The summed E-state index contributed by atoms with van der Waals surface area (Å²) in [7, 11) is 0. The highest BCUT2D eigenvalue weighted by atomic mass is 16.2. The summed E-state index contributed by atoms with van der Waals surface area (Å²) in [5, 5.41) is 5.82. The topological polar surface area (TPSA) is 64.7 Å². The van der Waals surface area contributed by atoms with Crippen molar-refractivity contribution >= 4 is 11.9 Å². The van der Waals surface area contributed by atoms with Crippen LogP contribution >= 0.6 is 0 Å². The molecule has 134 valence electrons. The van der Waals surface area contributed by atoms with Crippen LogP contribution in [-0.2, 0) is 4.79 Å². The molecular formula is C17H34N4O2. The van der Waals surface area contributed by atoms with Gasteiger partial charge in [0.25, 0.3) is 0 Å². The van der Waals surface area contributed by atoms with Crippen LogP contribution in [0, 0.1) is 0 Å². The summed E-state index contributed by atoms with van der Waals surface area (Å²) < 4.78 is 0. The summed E-state index contributed by atoms with van der Waals surface area (Å²) >= 11 is 0. The van der Waals surface area contributed by atoms with Crippen molar-refractivity contribution in [3.63, 3.8) is 0 Å². The van der Waals surface area contributed by atoms with Crippen LogP contribution in [0.15, 0.2) is 0 Å². The number of carbonyl (C=O) groups is 2. The molecule has 0 radical (unpaired) electrons. The molecule has 6 heteroatoms. The second-order valence-electron chi connectivity index (χ2n) is 6.33. The molecule has 1 saturated heterocycles. The van der Waals surface area contributed by atoms with Gasteiger partial charge in [-0.1, -0.05) is 6.42 Å². The SMILES string of the molecule is CCN(CC)C(=O)CCCNC(=O)NC(C)CN1CCCCC1. The molecule has 23 heavy (non-hydrogen) atoms. The molecule has 0 aromatic rings. The minimum absolute atomic E-state index is 0.134. The first-order valence-corrected chi connectivity index (χ1v) is 9.11. The van der Waals surface area contributed by atoms with Gasteiger partial charge >= 0.3 is 6.03 Å². The summed E-state index contributed by atoms with van der Waals surface area (Å²) in [6.45, 7) is 11.2. The molecule has 1 heterocycles. The Morgan fingerprint density at radius 2 is 1.78 bits per heavy atom. The molecular weight excluding hydrogens is 292 g/mol. The highest BCUT2D eigenvalue weighted by Crippen LogP contribution is 2.08. The molecule has 6 nitrogen and oxygen atoms in total. The molecule has 1 aliphatic heterocycles. The maximum Gasteiger partial charge on any atom is 0.315 e. The van der Waals surface area contributed by atoms with Crippen LogP contribution in [0.3, 0.4) is 0 Å². The standard InChI is InChI=1S/C17H34N4O2/c1-4-21(5-2)16(22)10-9-11-18-17(23)19-15(3)14-20-12-7-6-8-13-20/h15H,4-14H2,1-3H3,(H2,18,19,23). The van der Waals surface area contributed by atoms with E-state index < -0.39 is 0 Å². The Balaban J connectivity index is 2.10. The van der Waals surface area contributed by atoms with E-state index in [1.807, 2.05) is 25.7 Å². The summed E-state index contributed by atoms with van der Waals surface area (Å²) in [4.78, 5) is 27.9. The molecule has 1 aliphatic rings. The van der Waals surface area contributed by atoms with Crippen molar-refractivity contribution in [2.24, 2.45) is 0 Å². The number of amides is 3. The molecule has 0 spiro atoms. The zero-order chi connectivity index (χ0) is 17.1. The largest absolute Gasteiger partial charge is 0.343 e. The molecule has 3 amide bonds. The van der Waals surface area contributed by atoms with E-state index in [0.717, 1.165) is 32.7 Å². The van der Waals surface area contributed by atoms with Crippen molar-refractivity contribution in [1.82, 2.24) is 20.4 Å². The number of carbonyl (C=O) groups excluding carboxylic acids is 2. The van der Waals surface area contributed by atoms with E-state index in [-0.39, 0.29) is 18.0 Å². The Kier molecular flexibility index (Phi) is 9.67. The van der Waals surface area contributed by atoms with Crippen molar-refractivity contribution in [3.05, 3.63) is 0 Å². The smallest absolute Gasteiger partial charge is 0.315 e. The summed E-state index contributed by atoms with van der Waals surface area (Å²) in [6.07, 6.45) is 5.03. The van der Waals surface area contributed by atoms with Gasteiger partial charge < -0.3 is 20.4 Å². The Morgan fingerprint density at radius 1 is 1.13 bits per heavy atom. The van der Waals surface area contributed by atoms with Crippen molar-refractivity contribution in [2.75, 3.05) is 39.3 Å². The van der Waals surface area contributed by atoms with E-state index in [2.05, 4.69) is 15.5 Å². The van der Waals surface area contributed by atoms with Gasteiger partial charge in [0.05, 0.1) is 0 Å². The maximum atomic E-state index is 11.8. The zero-order valence-electron chi connectivity index (χ0n) is 15.1. The monoisotopic (exact) mass is 326 g/mol. The third-order valence-corrected chi connectivity index (χ3v) is 4.33. The average Bonchev–Trinajstić information content (AvgIpc) is 2.53. The minimum Gasteiger partial charge on any atom is -0.343 e. The second kappa shape index (κ2) is 11.3. The lowest BCUT2D eigenvalue weighted by molar-refractivity contribution is -0.130. The molecule has 0 saturated carbocycles. The first-order chi connectivity index (χ1) is 11.1. The number of nitrogens with zero attached hydrogens (tertiary/aromatic N) is 2. The first-order valence-electron chi connectivity index (χ1n) is 9.11. The third-order valence-electron chi connectivity index (χ3n) is 4.33. The van der Waals surface area contributed by atoms with Gasteiger partial charge in [-0.2, -0.15) is 0 Å². The average molecular weight is 326 g/mol. The maximum absolute atomic E-state index is 11.8. The number of likely N-dealkylation sites (tertiary alicyclic amines) is 1. The van der Waals surface area contributed by atoms with Gasteiger partial charge in [-0.05, 0) is 53.1 Å². The summed E-state index contributed by atoms with van der Waals surface area (Å²) in [5.74, 6) is 0.163. The molecule has 1 rings (SSSR count). The lowest BCUT2D eigenvalue weighted by Crippen LogP contribution is -2.47. The predicted molar refractivity (Wildman–Crippen MR) is 93.4 cm³/mol. The van der Waals surface area contributed by atoms with E-state index in [9.17, 15) is 9.59 Å². The van der Waals surface area contributed by atoms with Crippen molar-refractivity contribution in [1.29, 1.82) is 0 Å². The van der Waals surface area contributed by atoms with E-state index in [1.165, 1.54) is 19.3 Å². The third kappa shape index (κ3) is 8.21. The van der Waals surface area contributed by atoms with E-state index in [1.54, 1.807) is 0 Å². The molecule has 2 N–H and O–H groups in total. The Bertz CT molecular complexity index is 353. The lowest BCUT2D eigenvalue weighted by Gasteiger charge is -2.29. The van der Waals surface area contributed by atoms with Crippen LogP contribution in [0.5, 0.6) is 0 Å². The fraction of sp³-hybridized carbons (Fsp3) is 0.882. The fourth-order valence-electron chi connectivity index (χ4n) is 3.03. The van der Waals surface area contributed by atoms with Crippen LogP contribution in [0.1, 0.15) is 52.9 Å². The van der Waals surface area contributed by atoms with Crippen molar-refractivity contribution in [3.8, 4) is 0 Å². The molecule has 1 unspecified atom stereocenters. The summed E-state index contributed by atoms with van der Waals surface area (Å²) in [5.41, 5.74) is 0. The van der Waals surface area contributed by atoms with Crippen LogP contribution in [0.25, 0.3) is 0 Å². The van der Waals surface area contributed by atoms with Gasteiger partial charge in [-0.15, -0.1) is 0 Å². The van der Waals surface area contributed by atoms with Crippen molar-refractivity contribution in [2.45, 2.75) is 58.9 Å². The molecule has 0 aromatic carbocycles. The fourth-order valence-corrected chi connectivity index (χ4v) is 3.03. The number of hydrogen-bond acceptors (Lipinski definition) is 3. The number of urea groups is 1. The predicted octanol–water partition coefficient (Wildman–Crippen LogP) is 1.81. The van der Waals surface area contributed by atoms with Crippen LogP contribution in [-0.4, -0.2) is 67.0 Å². The van der Waals surface area contributed by atoms with E-state index in [0.29, 0.717) is 19.4 Å². The second-order valence-corrected chi connectivity index (χ2v) is 6.33. The van der Waals surface area contributed by atoms with Gasteiger partial charge in [0.1, 0.15) is 0 Å². The van der Waals surface area contributed by atoms with Crippen LogP contribution in [0.2, 0.25) is 0 Å². The van der Waals surface area contributed by atoms with E-state index in [4.69, 9.17) is 0 Å². The van der Waals surface area contributed by atoms with Gasteiger partial charge in [-0.25, -0.2) is 4.79 Å². The molecule has 1 atom stereocenters. The van der Waals surface area contributed by atoms with E-state index >= 15 is 0 Å². The van der Waals surface area contributed by atoms with Gasteiger partial charge in [-0.3, -0.25) is 4.79 Å². The number of rotatable bonds is 9. The molecule has 0 aromatic heterocycles. The molecule has 0 bridgehead atoms. The molecule has 0 aliphatic carbocycles. The normalized spacial score (nSPS) is 16.7. The van der Waals surface area contributed by atoms with Gasteiger partial charge in [0.15, 0.2) is 0 Å². The highest BCUT2D eigenvalue weighted by Gasteiger charge is 2.15. The highest BCUT2D eigenvalue weighted by molar-refractivity contribution is 5.76. The Labute approximate surface area is 141 Å². The van der Waals surface area contributed by atoms with Crippen LogP contribution < -0.4 is 10.6 Å². The first kappa shape index (κ1) is 19.7. The summed E-state index contributed by atoms with van der Waals surface area (Å²) in [6, 6.07) is 0.00945. The van der Waals surface area contributed by atoms with Crippen molar-refractivity contribution < 1.29 is 9.59 Å². The minimum atomic E-state index is -0.134. The number of hydrogen-bond donors (Lipinski definition) is 2. The zero-order valence-corrected chi connectivity index (χ0v) is 15.1. The molecule has 1 fully saturated rings. The van der Waals surface area contributed by atoms with Crippen LogP contribution in [0.4, 0.5) is 4.79 Å².